The van der Waals surface area contributed by atoms with E-state index in [2.05, 4.69) is 46.5 Å². The van der Waals surface area contributed by atoms with E-state index in [1.165, 1.54) is 23.3 Å². The van der Waals surface area contributed by atoms with Gasteiger partial charge < -0.3 is 5.32 Å². The summed E-state index contributed by atoms with van der Waals surface area (Å²) in [7, 11) is 0. The maximum atomic E-state index is 13.3. The number of nitrogens with zero attached hydrogens (tertiary/aromatic N) is 3. The highest BCUT2D eigenvalue weighted by Crippen LogP contribution is 2.24. The zero-order valence-corrected chi connectivity index (χ0v) is 19.0. The Bertz CT molecular complexity index is 1070. The summed E-state index contributed by atoms with van der Waals surface area (Å²) in [6, 6.07) is 15.0. The van der Waals surface area contributed by atoms with E-state index in [0.717, 1.165) is 43.9 Å². The molecule has 1 N–H and O–H groups in total. The van der Waals surface area contributed by atoms with Gasteiger partial charge in [0.2, 0.25) is 0 Å². The maximum absolute atomic E-state index is 13.3. The van der Waals surface area contributed by atoms with Gasteiger partial charge in [0.05, 0.1) is 23.1 Å². The first-order valence-corrected chi connectivity index (χ1v) is 11.3. The van der Waals surface area contributed by atoms with Gasteiger partial charge in [0.15, 0.2) is 0 Å². The molecule has 0 aliphatic carbocycles. The minimum atomic E-state index is -0.293. The van der Waals surface area contributed by atoms with E-state index in [-0.39, 0.29) is 23.7 Å². The van der Waals surface area contributed by atoms with Crippen LogP contribution < -0.4 is 5.32 Å². The van der Waals surface area contributed by atoms with Crippen LogP contribution in [0.1, 0.15) is 59.8 Å². The van der Waals surface area contributed by atoms with E-state index in [9.17, 15) is 9.18 Å². The highest BCUT2D eigenvalue weighted by atomic mass is 19.1. The van der Waals surface area contributed by atoms with Crippen LogP contribution >= 0.6 is 0 Å². The first kappa shape index (κ1) is 22.2. The number of carbonyl (C=O) groups excluding carboxylic acids is 1. The molecule has 2 heterocycles. The summed E-state index contributed by atoms with van der Waals surface area (Å²) in [4.78, 5) is 15.6. The molecule has 1 amide bonds. The van der Waals surface area contributed by atoms with Crippen LogP contribution in [0.15, 0.2) is 54.7 Å². The zero-order chi connectivity index (χ0) is 22.7. The number of benzene rings is 2. The largest absolute Gasteiger partial charge is 0.349 e. The van der Waals surface area contributed by atoms with Crippen molar-refractivity contribution in [1.82, 2.24) is 20.0 Å². The number of hydrogen-bond donors (Lipinski definition) is 1. The van der Waals surface area contributed by atoms with Gasteiger partial charge >= 0.3 is 0 Å². The number of rotatable bonds is 6. The summed E-state index contributed by atoms with van der Waals surface area (Å²) >= 11 is 0. The summed E-state index contributed by atoms with van der Waals surface area (Å²) in [5, 5.41) is 7.66. The Hall–Kier alpha value is -2.99. The summed E-state index contributed by atoms with van der Waals surface area (Å²) in [5.41, 5.74) is 4.80. The lowest BCUT2D eigenvalue weighted by Crippen LogP contribution is -2.44. The topological polar surface area (TPSA) is 50.2 Å². The number of hydrogen-bond acceptors (Lipinski definition) is 3. The molecule has 0 bridgehead atoms. The predicted molar refractivity (Wildman–Crippen MR) is 125 cm³/mol. The van der Waals surface area contributed by atoms with Crippen molar-refractivity contribution < 1.29 is 9.18 Å². The Kier molecular flexibility index (Phi) is 6.70. The Balaban J connectivity index is 1.40. The van der Waals surface area contributed by atoms with E-state index in [1.807, 2.05) is 13.8 Å². The molecule has 0 unspecified atom stereocenters. The minimum absolute atomic E-state index is 0.0841. The zero-order valence-electron chi connectivity index (χ0n) is 19.0. The van der Waals surface area contributed by atoms with Gasteiger partial charge in [0.25, 0.3) is 5.91 Å². The number of aromatic nitrogens is 2. The van der Waals surface area contributed by atoms with Crippen LogP contribution in [-0.4, -0.2) is 39.7 Å². The third kappa shape index (κ3) is 5.07. The Morgan fingerprint density at radius 1 is 1.16 bits per heavy atom. The molecule has 0 radical (unpaired) electrons. The lowest BCUT2D eigenvalue weighted by Gasteiger charge is -2.32. The Labute approximate surface area is 189 Å². The number of likely N-dealkylation sites (tertiary alicyclic amines) is 1. The van der Waals surface area contributed by atoms with Crippen molar-refractivity contribution in [2.24, 2.45) is 0 Å². The highest BCUT2D eigenvalue weighted by molar-refractivity contribution is 5.95. The van der Waals surface area contributed by atoms with E-state index >= 15 is 0 Å². The molecule has 0 saturated carbocycles. The second kappa shape index (κ2) is 9.65. The fourth-order valence-electron chi connectivity index (χ4n) is 4.44. The van der Waals surface area contributed by atoms with Crippen LogP contribution in [0.25, 0.3) is 5.69 Å². The van der Waals surface area contributed by atoms with Gasteiger partial charge in [-0.1, -0.05) is 43.7 Å². The lowest BCUT2D eigenvalue weighted by atomic mass is 10.0. The minimum Gasteiger partial charge on any atom is -0.349 e. The Morgan fingerprint density at radius 2 is 1.88 bits per heavy atom. The monoisotopic (exact) mass is 434 g/mol. The maximum Gasteiger partial charge on any atom is 0.255 e. The smallest absolute Gasteiger partial charge is 0.255 e. The molecule has 1 aliphatic heterocycles. The number of aryl methyl sites for hydroxylation is 1. The van der Waals surface area contributed by atoms with E-state index < -0.39 is 0 Å². The molecule has 6 heteroatoms. The van der Waals surface area contributed by atoms with Gasteiger partial charge in [-0.3, -0.25) is 9.69 Å². The molecule has 2 aromatic carbocycles. The SMILES string of the molecule is Cc1cccc(CN2CCC(NC(=O)c3cnn(-c4ccc(F)cc4)c3C(C)C)CC2)c1. The first-order valence-electron chi connectivity index (χ1n) is 11.3. The molecule has 1 saturated heterocycles. The Morgan fingerprint density at radius 3 is 2.53 bits per heavy atom. The average molecular weight is 435 g/mol. The van der Waals surface area contributed by atoms with Crippen molar-refractivity contribution in [1.29, 1.82) is 0 Å². The third-order valence-electron chi connectivity index (χ3n) is 6.08. The summed E-state index contributed by atoms with van der Waals surface area (Å²) in [6.45, 7) is 9.07. The van der Waals surface area contributed by atoms with Crippen LogP contribution in [0.2, 0.25) is 0 Å². The molecular weight excluding hydrogens is 403 g/mol. The molecule has 168 valence electrons. The molecule has 1 fully saturated rings. The quantitative estimate of drug-likeness (QED) is 0.604. The number of nitrogens with one attached hydrogen (secondary N) is 1. The molecule has 5 nitrogen and oxygen atoms in total. The van der Waals surface area contributed by atoms with E-state index in [0.29, 0.717) is 5.56 Å². The molecular formula is C26H31FN4O. The van der Waals surface area contributed by atoms with Gasteiger partial charge in [0, 0.05) is 25.7 Å². The van der Waals surface area contributed by atoms with Crippen molar-refractivity contribution in [2.45, 2.75) is 52.1 Å². The summed E-state index contributed by atoms with van der Waals surface area (Å²) < 4.78 is 15.1. The van der Waals surface area contributed by atoms with E-state index in [4.69, 9.17) is 0 Å². The molecule has 4 rings (SSSR count). The molecule has 0 atom stereocenters. The van der Waals surface area contributed by atoms with Crippen LogP contribution in [0.5, 0.6) is 0 Å². The average Bonchev–Trinajstić information content (AvgIpc) is 3.21. The van der Waals surface area contributed by atoms with E-state index in [1.54, 1.807) is 23.0 Å². The number of carbonyl (C=O) groups is 1. The molecule has 3 aromatic rings. The van der Waals surface area contributed by atoms with Crippen molar-refractivity contribution in [3.05, 3.63) is 82.9 Å². The third-order valence-corrected chi connectivity index (χ3v) is 6.08. The summed E-state index contributed by atoms with van der Waals surface area (Å²) in [5.74, 6) is -0.280. The van der Waals surface area contributed by atoms with Crippen LogP contribution in [0.4, 0.5) is 4.39 Å². The van der Waals surface area contributed by atoms with Crippen molar-refractivity contribution in [3.63, 3.8) is 0 Å². The number of amides is 1. The molecule has 1 aromatic heterocycles. The van der Waals surface area contributed by atoms with Crippen LogP contribution in [-0.2, 0) is 6.54 Å². The number of piperidine rings is 1. The second-order valence-electron chi connectivity index (χ2n) is 9.00. The normalized spacial score (nSPS) is 15.3. The fraction of sp³-hybridized carbons (Fsp3) is 0.385. The number of halogens is 1. The van der Waals surface area contributed by atoms with Gasteiger partial charge in [-0.2, -0.15) is 5.10 Å². The van der Waals surface area contributed by atoms with Gasteiger partial charge in [-0.15, -0.1) is 0 Å². The fourth-order valence-corrected chi connectivity index (χ4v) is 4.44. The first-order chi connectivity index (χ1) is 15.4. The summed E-state index contributed by atoms with van der Waals surface area (Å²) in [6.07, 6.45) is 3.49. The predicted octanol–water partition coefficient (Wildman–Crippen LogP) is 4.84. The van der Waals surface area contributed by atoms with Crippen LogP contribution in [0.3, 0.4) is 0 Å². The van der Waals surface area contributed by atoms with Crippen molar-refractivity contribution in [2.75, 3.05) is 13.1 Å². The standard InChI is InChI=1S/C26H31FN4O/c1-18(2)25-24(16-28-31(25)23-9-7-21(27)8-10-23)26(32)29-22-11-13-30(14-12-22)17-20-6-4-5-19(3)15-20/h4-10,15-16,18,22H,11-14,17H2,1-3H3,(H,29,32). The highest BCUT2D eigenvalue weighted by Gasteiger charge is 2.25. The van der Waals surface area contributed by atoms with Crippen molar-refractivity contribution in [3.8, 4) is 5.69 Å². The van der Waals surface area contributed by atoms with Crippen molar-refractivity contribution >= 4 is 5.91 Å². The van der Waals surface area contributed by atoms with Gasteiger partial charge in [0.1, 0.15) is 5.82 Å². The second-order valence-corrected chi connectivity index (χ2v) is 9.00. The van der Waals surface area contributed by atoms with Crippen LogP contribution in [0, 0.1) is 12.7 Å². The molecule has 1 aliphatic rings. The van der Waals surface area contributed by atoms with Gasteiger partial charge in [-0.25, -0.2) is 9.07 Å². The van der Waals surface area contributed by atoms with Gasteiger partial charge in [-0.05, 0) is 55.5 Å². The molecule has 0 spiro atoms. The lowest BCUT2D eigenvalue weighted by molar-refractivity contribution is 0.0907. The molecule has 32 heavy (non-hydrogen) atoms.